The van der Waals surface area contributed by atoms with Crippen LogP contribution in [0.25, 0.3) is 11.4 Å². The molecule has 0 saturated heterocycles. The van der Waals surface area contributed by atoms with Gasteiger partial charge in [-0.1, -0.05) is 43.2 Å². The number of H-pyrrole nitrogens is 1. The first-order valence-electron chi connectivity index (χ1n) is 9.23. The zero-order valence-electron chi connectivity index (χ0n) is 14.9. The molecule has 2 heterocycles. The quantitative estimate of drug-likeness (QED) is 0.485. The maximum absolute atomic E-state index is 14.4. The number of carbonyl (C=O) groups is 1. The molecule has 3 aromatic rings. The van der Waals surface area contributed by atoms with Gasteiger partial charge in [0.1, 0.15) is 5.82 Å². The largest absolute Gasteiger partial charge is 0.359 e. The molecule has 0 atom stereocenters. The average Bonchev–Trinajstić information content (AvgIpc) is 3.37. The summed E-state index contributed by atoms with van der Waals surface area (Å²) in [4.78, 5) is 15.3. The lowest BCUT2D eigenvalue weighted by Gasteiger charge is -2.25. The van der Waals surface area contributed by atoms with Gasteiger partial charge in [-0.3, -0.25) is 9.36 Å². The molecule has 1 saturated carbocycles. The molecule has 4 rings (SSSR count). The van der Waals surface area contributed by atoms with E-state index in [0.717, 1.165) is 25.7 Å². The first-order chi connectivity index (χ1) is 13.2. The SMILES string of the molecule is O=C(CSc1nnc(-c2ccccc2F)n1C1CCCCC1)c1ccc[nH]1. The minimum Gasteiger partial charge on any atom is -0.359 e. The normalized spacial score (nSPS) is 15.1. The molecule has 1 N–H and O–H groups in total. The summed E-state index contributed by atoms with van der Waals surface area (Å²) < 4.78 is 16.4. The van der Waals surface area contributed by atoms with E-state index in [4.69, 9.17) is 0 Å². The van der Waals surface area contributed by atoms with Gasteiger partial charge in [0, 0.05) is 12.2 Å². The number of nitrogens with zero attached hydrogens (tertiary/aromatic N) is 3. The summed E-state index contributed by atoms with van der Waals surface area (Å²) in [5.74, 6) is 0.522. The molecule has 0 amide bonds. The van der Waals surface area contributed by atoms with Crippen molar-refractivity contribution in [2.45, 2.75) is 43.3 Å². The number of benzene rings is 1. The van der Waals surface area contributed by atoms with Gasteiger partial charge >= 0.3 is 0 Å². The molecule has 1 fully saturated rings. The standard InChI is InChI=1S/C20H21FN4OS/c21-16-10-5-4-9-15(16)19-23-24-20(25(19)14-7-2-1-3-8-14)27-13-18(26)17-11-6-12-22-17/h4-6,9-12,14,22H,1-3,7-8,13H2. The highest BCUT2D eigenvalue weighted by Gasteiger charge is 2.25. The van der Waals surface area contributed by atoms with Crippen molar-refractivity contribution in [2.75, 3.05) is 5.75 Å². The summed E-state index contributed by atoms with van der Waals surface area (Å²) >= 11 is 1.37. The van der Waals surface area contributed by atoms with Crippen molar-refractivity contribution in [1.82, 2.24) is 19.7 Å². The number of carbonyl (C=O) groups excluding carboxylic acids is 1. The van der Waals surface area contributed by atoms with Gasteiger partial charge in [0.25, 0.3) is 0 Å². The van der Waals surface area contributed by atoms with Gasteiger partial charge < -0.3 is 4.98 Å². The summed E-state index contributed by atoms with van der Waals surface area (Å²) in [7, 11) is 0. The number of thioether (sulfide) groups is 1. The molecule has 0 spiro atoms. The van der Waals surface area contributed by atoms with E-state index in [1.807, 2.05) is 4.57 Å². The van der Waals surface area contributed by atoms with Gasteiger partial charge in [0.2, 0.25) is 0 Å². The summed E-state index contributed by atoms with van der Waals surface area (Å²) in [6.45, 7) is 0. The van der Waals surface area contributed by atoms with Crippen LogP contribution in [-0.4, -0.2) is 31.3 Å². The highest BCUT2D eigenvalue weighted by Crippen LogP contribution is 2.36. The maximum Gasteiger partial charge on any atom is 0.192 e. The highest BCUT2D eigenvalue weighted by molar-refractivity contribution is 7.99. The third-order valence-corrected chi connectivity index (χ3v) is 5.89. The number of halogens is 1. The number of hydrogen-bond donors (Lipinski definition) is 1. The van der Waals surface area contributed by atoms with Crippen molar-refractivity contribution in [3.8, 4) is 11.4 Å². The van der Waals surface area contributed by atoms with Crippen molar-refractivity contribution in [2.24, 2.45) is 0 Å². The van der Waals surface area contributed by atoms with Crippen LogP contribution < -0.4 is 0 Å². The Hall–Kier alpha value is -2.41. The molecule has 1 aliphatic rings. The summed E-state index contributed by atoms with van der Waals surface area (Å²) in [5.41, 5.74) is 1.04. The monoisotopic (exact) mass is 384 g/mol. The van der Waals surface area contributed by atoms with Crippen LogP contribution in [0.1, 0.15) is 48.6 Å². The van der Waals surface area contributed by atoms with Crippen LogP contribution in [0.2, 0.25) is 0 Å². The molecule has 0 aliphatic heterocycles. The Morgan fingerprint density at radius 3 is 2.70 bits per heavy atom. The van der Waals surface area contributed by atoms with E-state index in [-0.39, 0.29) is 23.4 Å². The Labute approximate surface area is 161 Å². The Morgan fingerprint density at radius 2 is 1.96 bits per heavy atom. The predicted octanol–water partition coefficient (Wildman–Crippen LogP) is 4.89. The van der Waals surface area contributed by atoms with Crippen LogP contribution in [0, 0.1) is 5.82 Å². The minimum atomic E-state index is -0.305. The van der Waals surface area contributed by atoms with Gasteiger partial charge in [-0.25, -0.2) is 4.39 Å². The summed E-state index contributed by atoms with van der Waals surface area (Å²) in [6, 6.07) is 10.5. The molecular weight excluding hydrogens is 363 g/mol. The number of aromatic amines is 1. The molecule has 5 nitrogen and oxygen atoms in total. The second kappa shape index (κ2) is 8.08. The number of Topliss-reactive ketones (excluding diaryl/α,β-unsaturated/α-hetero) is 1. The maximum atomic E-state index is 14.4. The summed E-state index contributed by atoms with van der Waals surface area (Å²) in [6.07, 6.45) is 7.30. The van der Waals surface area contributed by atoms with Crippen molar-refractivity contribution in [1.29, 1.82) is 0 Å². The van der Waals surface area contributed by atoms with Gasteiger partial charge in [0.15, 0.2) is 16.8 Å². The number of nitrogens with one attached hydrogen (secondary N) is 1. The number of rotatable bonds is 6. The zero-order chi connectivity index (χ0) is 18.6. The molecule has 0 bridgehead atoms. The fourth-order valence-electron chi connectivity index (χ4n) is 3.58. The fraction of sp³-hybridized carbons (Fsp3) is 0.350. The molecule has 27 heavy (non-hydrogen) atoms. The predicted molar refractivity (Wildman–Crippen MR) is 103 cm³/mol. The van der Waals surface area contributed by atoms with Gasteiger partial charge in [-0.2, -0.15) is 0 Å². The van der Waals surface area contributed by atoms with Crippen molar-refractivity contribution in [3.63, 3.8) is 0 Å². The van der Waals surface area contributed by atoms with Crippen molar-refractivity contribution >= 4 is 17.5 Å². The first-order valence-corrected chi connectivity index (χ1v) is 10.2. The first kappa shape index (κ1) is 18.0. The van der Waals surface area contributed by atoms with Crippen LogP contribution in [0.15, 0.2) is 47.8 Å². The van der Waals surface area contributed by atoms with Crippen LogP contribution >= 0.6 is 11.8 Å². The van der Waals surface area contributed by atoms with Crippen LogP contribution in [0.3, 0.4) is 0 Å². The average molecular weight is 384 g/mol. The van der Waals surface area contributed by atoms with E-state index in [2.05, 4.69) is 15.2 Å². The third-order valence-electron chi connectivity index (χ3n) is 4.95. The number of hydrogen-bond acceptors (Lipinski definition) is 4. The Morgan fingerprint density at radius 1 is 1.15 bits per heavy atom. The van der Waals surface area contributed by atoms with Gasteiger partial charge in [-0.15, -0.1) is 10.2 Å². The number of ketones is 1. The van der Waals surface area contributed by atoms with E-state index in [1.165, 1.54) is 24.2 Å². The van der Waals surface area contributed by atoms with Crippen LogP contribution in [0.5, 0.6) is 0 Å². The zero-order valence-corrected chi connectivity index (χ0v) is 15.7. The molecule has 0 radical (unpaired) electrons. The molecule has 1 aromatic carbocycles. The lowest BCUT2D eigenvalue weighted by Crippen LogP contribution is -2.16. The molecule has 0 unspecified atom stereocenters. The van der Waals surface area contributed by atoms with E-state index in [0.29, 0.717) is 22.2 Å². The highest BCUT2D eigenvalue weighted by atomic mass is 32.2. The summed E-state index contributed by atoms with van der Waals surface area (Å²) in [5, 5.41) is 9.29. The molecule has 140 valence electrons. The van der Waals surface area contributed by atoms with E-state index in [9.17, 15) is 9.18 Å². The van der Waals surface area contributed by atoms with Crippen LogP contribution in [0.4, 0.5) is 4.39 Å². The smallest absolute Gasteiger partial charge is 0.192 e. The fourth-order valence-corrected chi connectivity index (χ4v) is 4.47. The van der Waals surface area contributed by atoms with Crippen molar-refractivity contribution in [3.05, 3.63) is 54.1 Å². The second-order valence-corrected chi connectivity index (χ2v) is 7.69. The van der Waals surface area contributed by atoms with E-state index >= 15 is 0 Å². The van der Waals surface area contributed by atoms with E-state index < -0.39 is 0 Å². The van der Waals surface area contributed by atoms with Gasteiger partial charge in [-0.05, 0) is 37.1 Å². The molecular formula is C20H21FN4OS. The minimum absolute atomic E-state index is 0.00985. The van der Waals surface area contributed by atoms with Gasteiger partial charge in [0.05, 0.1) is 17.0 Å². The third kappa shape index (κ3) is 3.83. The van der Waals surface area contributed by atoms with E-state index in [1.54, 1.807) is 36.5 Å². The lowest BCUT2D eigenvalue weighted by atomic mass is 9.95. The Balaban J connectivity index is 1.64. The second-order valence-electron chi connectivity index (χ2n) is 6.74. The topological polar surface area (TPSA) is 63.6 Å². The Bertz CT molecular complexity index is 916. The molecule has 2 aromatic heterocycles. The molecule has 7 heteroatoms. The molecule has 1 aliphatic carbocycles. The number of aromatic nitrogens is 4. The Kier molecular flexibility index (Phi) is 5.38. The van der Waals surface area contributed by atoms with Crippen molar-refractivity contribution < 1.29 is 9.18 Å². The lowest BCUT2D eigenvalue weighted by molar-refractivity contribution is 0.101. The van der Waals surface area contributed by atoms with Crippen LogP contribution in [-0.2, 0) is 0 Å².